The van der Waals surface area contributed by atoms with Crippen molar-refractivity contribution < 1.29 is 0 Å². The molecule has 1 atom stereocenters. The molecule has 8 heavy (non-hydrogen) atoms. The first-order valence-electron chi connectivity index (χ1n) is 3.12. The molecule has 0 fully saturated rings. The Morgan fingerprint density at radius 2 is 1.88 bits per heavy atom. The molecule has 0 bridgehead atoms. The molecule has 0 aromatic heterocycles. The van der Waals surface area contributed by atoms with Gasteiger partial charge in [0, 0.05) is 6.04 Å². The van der Waals surface area contributed by atoms with Crippen LogP contribution in [-0.2, 0) is 0 Å². The topological polar surface area (TPSA) is 12.0 Å². The van der Waals surface area contributed by atoms with Crippen molar-refractivity contribution in [1.29, 1.82) is 0 Å². The van der Waals surface area contributed by atoms with E-state index < -0.39 is 0 Å². The molecule has 0 aliphatic rings. The molecule has 0 heterocycles. The standard InChI is InChI=1S/C7H15N/c1-5-8-7(4)6(2)3/h1,6-8H,5H2,2-4H3. The summed E-state index contributed by atoms with van der Waals surface area (Å²) in [5, 5.41) is 3.12. The molecule has 0 aromatic rings. The molecule has 0 aromatic carbocycles. The van der Waals surface area contributed by atoms with Crippen LogP contribution in [0.15, 0.2) is 0 Å². The predicted molar refractivity (Wildman–Crippen MR) is 36.6 cm³/mol. The Morgan fingerprint density at radius 1 is 1.38 bits per heavy atom. The molecule has 0 rings (SSSR count). The van der Waals surface area contributed by atoms with Crippen molar-refractivity contribution in [3.8, 4) is 0 Å². The summed E-state index contributed by atoms with van der Waals surface area (Å²) in [4.78, 5) is 0. The fourth-order valence-electron chi connectivity index (χ4n) is 0.422. The summed E-state index contributed by atoms with van der Waals surface area (Å²) in [6, 6.07) is 0.542. The van der Waals surface area contributed by atoms with Crippen LogP contribution in [0.4, 0.5) is 0 Å². The molecule has 1 unspecified atom stereocenters. The summed E-state index contributed by atoms with van der Waals surface area (Å²) in [6.45, 7) is 12.3. The van der Waals surface area contributed by atoms with Crippen LogP contribution >= 0.6 is 0 Å². The van der Waals surface area contributed by atoms with E-state index in [0.29, 0.717) is 18.5 Å². The molecule has 1 N–H and O–H groups in total. The third-order valence-electron chi connectivity index (χ3n) is 1.44. The number of hydrogen-bond acceptors (Lipinski definition) is 1. The normalized spacial score (nSPS) is 14.6. The van der Waals surface area contributed by atoms with Crippen LogP contribution in [0.25, 0.3) is 0 Å². The Hall–Kier alpha value is -0.0400. The zero-order valence-corrected chi connectivity index (χ0v) is 5.94. The molecule has 0 amide bonds. The highest BCUT2D eigenvalue weighted by Gasteiger charge is 2.02. The molecule has 1 heteroatoms. The highest BCUT2D eigenvalue weighted by Crippen LogP contribution is 1.97. The lowest BCUT2D eigenvalue weighted by atomic mass is 10.1. The van der Waals surface area contributed by atoms with Gasteiger partial charge in [-0.2, -0.15) is 0 Å². The van der Waals surface area contributed by atoms with Gasteiger partial charge < -0.3 is 5.32 Å². The van der Waals surface area contributed by atoms with E-state index in [1.807, 2.05) is 0 Å². The van der Waals surface area contributed by atoms with Gasteiger partial charge in [0.05, 0.1) is 0 Å². The van der Waals surface area contributed by atoms with Gasteiger partial charge in [0.15, 0.2) is 0 Å². The Morgan fingerprint density at radius 3 is 2.00 bits per heavy atom. The lowest BCUT2D eigenvalue weighted by Gasteiger charge is -2.15. The summed E-state index contributed by atoms with van der Waals surface area (Å²) >= 11 is 0. The summed E-state index contributed by atoms with van der Waals surface area (Å²) < 4.78 is 0. The van der Waals surface area contributed by atoms with Gasteiger partial charge in [0.25, 0.3) is 0 Å². The van der Waals surface area contributed by atoms with E-state index in [-0.39, 0.29) is 0 Å². The second kappa shape index (κ2) is 3.90. The first-order valence-corrected chi connectivity index (χ1v) is 3.12. The Labute approximate surface area is 52.5 Å². The molecule has 0 aliphatic heterocycles. The first kappa shape index (κ1) is 7.96. The van der Waals surface area contributed by atoms with Gasteiger partial charge >= 0.3 is 0 Å². The maximum atomic E-state index is 5.26. The zero-order valence-electron chi connectivity index (χ0n) is 5.94. The summed E-state index contributed by atoms with van der Waals surface area (Å²) in [6.07, 6.45) is 0. The maximum absolute atomic E-state index is 5.26. The van der Waals surface area contributed by atoms with Crippen LogP contribution in [-0.4, -0.2) is 12.6 Å². The quantitative estimate of drug-likeness (QED) is 0.582. The van der Waals surface area contributed by atoms with E-state index in [4.69, 9.17) is 6.92 Å². The minimum atomic E-state index is 0.542. The lowest BCUT2D eigenvalue weighted by molar-refractivity contribution is 0.444. The molecule has 0 spiro atoms. The van der Waals surface area contributed by atoms with Gasteiger partial charge in [-0.15, -0.1) is 0 Å². The zero-order chi connectivity index (χ0) is 6.57. The van der Waals surface area contributed by atoms with Crippen molar-refractivity contribution in [2.75, 3.05) is 6.54 Å². The van der Waals surface area contributed by atoms with Crippen molar-refractivity contribution in [3.05, 3.63) is 6.92 Å². The van der Waals surface area contributed by atoms with Crippen LogP contribution in [0, 0.1) is 12.8 Å². The highest BCUT2D eigenvalue weighted by atomic mass is 14.9. The van der Waals surface area contributed by atoms with Gasteiger partial charge in [-0.1, -0.05) is 13.8 Å². The average Bonchev–Trinajstić information content (AvgIpc) is 1.67. The average molecular weight is 113 g/mol. The maximum Gasteiger partial charge on any atom is 0.00618 e. The molecule has 0 aliphatic carbocycles. The second-order valence-electron chi connectivity index (χ2n) is 2.44. The Kier molecular flexibility index (Phi) is 3.88. The van der Waals surface area contributed by atoms with Gasteiger partial charge in [-0.3, -0.25) is 0 Å². The fourth-order valence-corrected chi connectivity index (χ4v) is 0.422. The smallest absolute Gasteiger partial charge is 0.00618 e. The van der Waals surface area contributed by atoms with E-state index in [1.54, 1.807) is 0 Å². The van der Waals surface area contributed by atoms with Crippen LogP contribution < -0.4 is 5.32 Å². The Balaban J connectivity index is 3.17. The van der Waals surface area contributed by atoms with E-state index in [9.17, 15) is 0 Å². The monoisotopic (exact) mass is 113 g/mol. The molecular formula is C7H15N. The van der Waals surface area contributed by atoms with Crippen molar-refractivity contribution in [3.63, 3.8) is 0 Å². The van der Waals surface area contributed by atoms with Crippen molar-refractivity contribution >= 4 is 0 Å². The summed E-state index contributed by atoms with van der Waals surface area (Å²) in [5.74, 6) is 0.679. The third-order valence-corrected chi connectivity index (χ3v) is 1.44. The van der Waals surface area contributed by atoms with Crippen molar-refractivity contribution in [1.82, 2.24) is 5.32 Å². The molecular weight excluding hydrogens is 98.1 g/mol. The van der Waals surface area contributed by atoms with Crippen LogP contribution in [0.1, 0.15) is 20.8 Å². The minimum absolute atomic E-state index is 0.542. The highest BCUT2D eigenvalue weighted by molar-refractivity contribution is 4.63. The summed E-state index contributed by atoms with van der Waals surface area (Å²) in [7, 11) is 0. The van der Waals surface area contributed by atoms with Crippen LogP contribution in [0.3, 0.4) is 0 Å². The molecule has 1 nitrogen and oxygen atoms in total. The first-order chi connectivity index (χ1) is 3.68. The van der Waals surface area contributed by atoms with E-state index in [1.165, 1.54) is 0 Å². The van der Waals surface area contributed by atoms with Crippen molar-refractivity contribution in [2.24, 2.45) is 5.92 Å². The number of hydrogen-bond donors (Lipinski definition) is 1. The lowest BCUT2D eigenvalue weighted by Crippen LogP contribution is -2.30. The SMILES string of the molecule is [CH]CNC(C)C(C)C. The van der Waals surface area contributed by atoms with Gasteiger partial charge in [-0.25, -0.2) is 0 Å². The predicted octanol–water partition coefficient (Wildman–Crippen LogP) is 1.33. The number of rotatable bonds is 3. The molecule has 0 saturated heterocycles. The van der Waals surface area contributed by atoms with Gasteiger partial charge in [0.2, 0.25) is 0 Å². The second-order valence-corrected chi connectivity index (χ2v) is 2.44. The Bertz CT molecular complexity index is 50.3. The molecule has 48 valence electrons. The van der Waals surface area contributed by atoms with E-state index in [2.05, 4.69) is 26.1 Å². The van der Waals surface area contributed by atoms with Gasteiger partial charge in [0.1, 0.15) is 0 Å². The molecule has 2 radical (unpaired) electrons. The van der Waals surface area contributed by atoms with Crippen molar-refractivity contribution in [2.45, 2.75) is 26.8 Å². The minimum Gasteiger partial charge on any atom is -0.314 e. The fraction of sp³-hybridized carbons (Fsp3) is 0.857. The molecule has 0 saturated carbocycles. The van der Waals surface area contributed by atoms with E-state index >= 15 is 0 Å². The van der Waals surface area contributed by atoms with Gasteiger partial charge in [-0.05, 0) is 26.3 Å². The summed E-state index contributed by atoms with van der Waals surface area (Å²) in [5.41, 5.74) is 0. The van der Waals surface area contributed by atoms with Crippen LogP contribution in [0.5, 0.6) is 0 Å². The largest absolute Gasteiger partial charge is 0.314 e. The van der Waals surface area contributed by atoms with Crippen LogP contribution in [0.2, 0.25) is 0 Å². The third kappa shape index (κ3) is 3.03. The number of nitrogens with one attached hydrogen (secondary N) is 1. The van der Waals surface area contributed by atoms with E-state index in [0.717, 1.165) is 0 Å².